The molecule has 0 amide bonds. The first-order chi connectivity index (χ1) is 8.29. The maximum atomic E-state index is 5.56. The Balaban J connectivity index is 1.84. The van der Waals surface area contributed by atoms with Crippen molar-refractivity contribution in [2.45, 2.75) is 30.5 Å². The van der Waals surface area contributed by atoms with Gasteiger partial charge in [-0.1, -0.05) is 11.8 Å². The van der Waals surface area contributed by atoms with E-state index >= 15 is 0 Å². The number of nitrogens with two attached hydrogens (primary N) is 1. The maximum Gasteiger partial charge on any atom is 0.0772 e. The normalized spacial score (nSPS) is 23.4. The van der Waals surface area contributed by atoms with Crippen molar-refractivity contribution in [2.24, 2.45) is 5.73 Å². The molecule has 2 N–H and O–H groups in total. The summed E-state index contributed by atoms with van der Waals surface area (Å²) in [7, 11) is 0. The fourth-order valence-electron chi connectivity index (χ4n) is 1.78. The van der Waals surface area contributed by atoms with Crippen LogP contribution in [0.25, 0.3) is 0 Å². The fourth-order valence-corrected chi connectivity index (χ4v) is 3.99. The van der Waals surface area contributed by atoms with Crippen LogP contribution in [0.2, 0.25) is 0 Å². The zero-order valence-corrected chi connectivity index (χ0v) is 11.6. The molecule has 0 saturated carbocycles. The van der Waals surface area contributed by atoms with Gasteiger partial charge in [0.2, 0.25) is 0 Å². The molecule has 2 atom stereocenters. The standard InChI is InChI=1S/C13H17NOS2/c1-10-13(6-8-15-10)16-9-12-5-4-11(17-12)3-2-7-14/h4-5,10,13H,6-9,14H2,1H3. The first kappa shape index (κ1) is 13.0. The van der Waals surface area contributed by atoms with Crippen LogP contribution in [0.4, 0.5) is 0 Å². The predicted molar refractivity (Wildman–Crippen MR) is 75.4 cm³/mol. The van der Waals surface area contributed by atoms with E-state index in [2.05, 4.69) is 30.9 Å². The molecule has 0 radical (unpaired) electrons. The van der Waals surface area contributed by atoms with Gasteiger partial charge in [0.05, 0.1) is 17.5 Å². The van der Waals surface area contributed by atoms with E-state index in [-0.39, 0.29) is 0 Å². The summed E-state index contributed by atoms with van der Waals surface area (Å²) >= 11 is 3.76. The van der Waals surface area contributed by atoms with Crippen LogP contribution in [-0.2, 0) is 10.5 Å². The van der Waals surface area contributed by atoms with Gasteiger partial charge in [-0.05, 0) is 25.5 Å². The zero-order valence-electron chi connectivity index (χ0n) is 9.94. The Morgan fingerprint density at radius 1 is 1.59 bits per heavy atom. The molecule has 2 nitrogen and oxygen atoms in total. The Bertz CT molecular complexity index is 419. The number of thiophene rings is 1. The quantitative estimate of drug-likeness (QED) is 0.855. The molecule has 0 aliphatic carbocycles. The van der Waals surface area contributed by atoms with Crippen molar-refractivity contribution >= 4 is 23.1 Å². The van der Waals surface area contributed by atoms with Crippen molar-refractivity contribution in [2.75, 3.05) is 13.2 Å². The number of rotatable bonds is 3. The molecular weight excluding hydrogens is 250 g/mol. The molecule has 4 heteroatoms. The van der Waals surface area contributed by atoms with E-state index in [1.54, 1.807) is 11.3 Å². The Morgan fingerprint density at radius 3 is 3.18 bits per heavy atom. The second kappa shape index (κ2) is 6.46. The topological polar surface area (TPSA) is 35.2 Å². The average molecular weight is 267 g/mol. The van der Waals surface area contributed by atoms with E-state index in [1.807, 2.05) is 11.8 Å². The maximum absolute atomic E-state index is 5.56. The molecule has 1 aromatic heterocycles. The third kappa shape index (κ3) is 3.75. The van der Waals surface area contributed by atoms with Gasteiger partial charge in [-0.2, -0.15) is 11.8 Å². The second-order valence-electron chi connectivity index (χ2n) is 3.99. The van der Waals surface area contributed by atoms with Crippen LogP contribution in [0.5, 0.6) is 0 Å². The zero-order chi connectivity index (χ0) is 12.1. The summed E-state index contributed by atoms with van der Waals surface area (Å²) in [5.41, 5.74) is 5.35. The second-order valence-corrected chi connectivity index (χ2v) is 6.38. The summed E-state index contributed by atoms with van der Waals surface area (Å²) in [4.78, 5) is 2.50. The van der Waals surface area contributed by atoms with Crippen LogP contribution < -0.4 is 5.73 Å². The monoisotopic (exact) mass is 267 g/mol. The highest BCUT2D eigenvalue weighted by molar-refractivity contribution is 7.99. The molecule has 1 fully saturated rings. The molecule has 92 valence electrons. The molecule has 1 aromatic rings. The van der Waals surface area contributed by atoms with E-state index in [1.165, 1.54) is 11.3 Å². The minimum Gasteiger partial charge on any atom is -0.377 e. The van der Waals surface area contributed by atoms with Gasteiger partial charge < -0.3 is 10.5 Å². The third-order valence-corrected chi connectivity index (χ3v) is 5.43. The number of ether oxygens (including phenoxy) is 1. The van der Waals surface area contributed by atoms with Gasteiger partial charge in [0.1, 0.15) is 0 Å². The highest BCUT2D eigenvalue weighted by atomic mass is 32.2. The lowest BCUT2D eigenvalue weighted by Gasteiger charge is -2.12. The average Bonchev–Trinajstić information content (AvgIpc) is 2.93. The Hall–Kier alpha value is -0.470. The van der Waals surface area contributed by atoms with E-state index in [9.17, 15) is 0 Å². The fraction of sp³-hybridized carbons (Fsp3) is 0.538. The van der Waals surface area contributed by atoms with Gasteiger partial charge in [-0.15, -0.1) is 11.3 Å². The number of hydrogen-bond acceptors (Lipinski definition) is 4. The first-order valence-electron chi connectivity index (χ1n) is 5.80. The van der Waals surface area contributed by atoms with Crippen LogP contribution in [0.15, 0.2) is 12.1 Å². The van der Waals surface area contributed by atoms with Crippen molar-refractivity contribution in [3.05, 3.63) is 21.9 Å². The van der Waals surface area contributed by atoms with Crippen molar-refractivity contribution < 1.29 is 4.74 Å². The molecule has 17 heavy (non-hydrogen) atoms. The Kier molecular flexibility index (Phi) is 4.93. The minimum absolute atomic E-state index is 0.400. The molecule has 2 rings (SSSR count). The molecule has 2 unspecified atom stereocenters. The lowest BCUT2D eigenvalue weighted by atomic mass is 10.3. The SMILES string of the molecule is CC1OCCC1SCc1ccc(C#CCN)s1. The van der Waals surface area contributed by atoms with Crippen molar-refractivity contribution in [1.82, 2.24) is 0 Å². The Morgan fingerprint density at radius 2 is 2.47 bits per heavy atom. The van der Waals surface area contributed by atoms with Crippen molar-refractivity contribution in [3.63, 3.8) is 0 Å². The molecule has 1 aliphatic heterocycles. The smallest absolute Gasteiger partial charge is 0.0772 e. The van der Waals surface area contributed by atoms with Crippen LogP contribution in [-0.4, -0.2) is 24.5 Å². The van der Waals surface area contributed by atoms with E-state index in [4.69, 9.17) is 10.5 Å². The predicted octanol–water partition coefficient (Wildman–Crippen LogP) is 2.47. The Labute approximate surface area is 111 Å². The third-order valence-electron chi connectivity index (χ3n) is 2.72. The highest BCUT2D eigenvalue weighted by Gasteiger charge is 2.24. The molecule has 2 heterocycles. The van der Waals surface area contributed by atoms with Crippen molar-refractivity contribution in [1.29, 1.82) is 0 Å². The van der Waals surface area contributed by atoms with Gasteiger partial charge >= 0.3 is 0 Å². The molecule has 0 aromatic carbocycles. The van der Waals surface area contributed by atoms with Gasteiger partial charge in [0, 0.05) is 22.5 Å². The molecule has 0 spiro atoms. The van der Waals surface area contributed by atoms with Gasteiger partial charge in [-0.25, -0.2) is 0 Å². The van der Waals surface area contributed by atoms with Crippen LogP contribution in [0.1, 0.15) is 23.1 Å². The largest absolute Gasteiger partial charge is 0.377 e. The molecule has 0 bridgehead atoms. The van der Waals surface area contributed by atoms with E-state index in [0.717, 1.165) is 17.2 Å². The van der Waals surface area contributed by atoms with E-state index in [0.29, 0.717) is 17.9 Å². The highest BCUT2D eigenvalue weighted by Crippen LogP contribution is 2.30. The number of hydrogen-bond donors (Lipinski definition) is 1. The van der Waals surface area contributed by atoms with Crippen LogP contribution in [0.3, 0.4) is 0 Å². The summed E-state index contributed by atoms with van der Waals surface area (Å²) in [6.45, 7) is 3.51. The van der Waals surface area contributed by atoms with Crippen LogP contribution in [0, 0.1) is 11.8 Å². The van der Waals surface area contributed by atoms with Gasteiger partial charge in [-0.3, -0.25) is 0 Å². The van der Waals surface area contributed by atoms with E-state index < -0.39 is 0 Å². The van der Waals surface area contributed by atoms with Crippen LogP contribution >= 0.6 is 23.1 Å². The number of thioether (sulfide) groups is 1. The van der Waals surface area contributed by atoms with Gasteiger partial charge in [0.25, 0.3) is 0 Å². The minimum atomic E-state index is 0.400. The molecule has 1 saturated heterocycles. The summed E-state index contributed by atoms with van der Waals surface area (Å²) < 4.78 is 5.56. The summed E-state index contributed by atoms with van der Waals surface area (Å²) in [5.74, 6) is 7.02. The lowest BCUT2D eigenvalue weighted by molar-refractivity contribution is 0.127. The van der Waals surface area contributed by atoms with Gasteiger partial charge in [0.15, 0.2) is 0 Å². The van der Waals surface area contributed by atoms with Crippen molar-refractivity contribution in [3.8, 4) is 11.8 Å². The summed E-state index contributed by atoms with van der Waals surface area (Å²) in [6, 6.07) is 4.25. The first-order valence-corrected chi connectivity index (χ1v) is 7.67. The lowest BCUT2D eigenvalue weighted by Crippen LogP contribution is -2.13. The molecule has 1 aliphatic rings. The molecular formula is C13H17NOS2. The summed E-state index contributed by atoms with van der Waals surface area (Å²) in [5, 5.41) is 0.649. The summed E-state index contributed by atoms with van der Waals surface area (Å²) in [6.07, 6.45) is 1.58.